The molecule has 2 rings (SSSR count). The third kappa shape index (κ3) is 3.56. The van der Waals surface area contributed by atoms with Gasteiger partial charge in [0.25, 0.3) is 0 Å². The van der Waals surface area contributed by atoms with E-state index >= 15 is 0 Å². The Hall–Kier alpha value is -2.34. The molecule has 96 valence electrons. The molecule has 0 N–H and O–H groups in total. The van der Waals surface area contributed by atoms with Gasteiger partial charge in [-0.25, -0.2) is 4.39 Å². The number of hydrogen-bond acceptors (Lipinski definition) is 2. The highest BCUT2D eigenvalue weighted by molar-refractivity contribution is 5.40. The van der Waals surface area contributed by atoms with Crippen LogP contribution in [0.15, 0.2) is 42.5 Å². The number of ether oxygens (including phenoxy) is 1. The summed E-state index contributed by atoms with van der Waals surface area (Å²) < 4.78 is 18.8. The van der Waals surface area contributed by atoms with Crippen LogP contribution in [0, 0.1) is 17.1 Å². The molecule has 3 heteroatoms. The molecular formula is C16H14FNO. The van der Waals surface area contributed by atoms with Gasteiger partial charge in [-0.05, 0) is 36.2 Å². The molecule has 0 saturated carbocycles. The second-order valence-corrected chi connectivity index (χ2v) is 4.28. The van der Waals surface area contributed by atoms with E-state index < -0.39 is 5.82 Å². The van der Waals surface area contributed by atoms with Crippen LogP contribution in [0.4, 0.5) is 4.39 Å². The summed E-state index contributed by atoms with van der Waals surface area (Å²) >= 11 is 0. The second kappa shape index (κ2) is 6.01. The van der Waals surface area contributed by atoms with Crippen LogP contribution in [-0.4, -0.2) is 0 Å². The normalized spacial score (nSPS) is 9.95. The van der Waals surface area contributed by atoms with E-state index in [2.05, 4.69) is 6.92 Å². The molecule has 0 saturated heterocycles. The number of halogens is 1. The minimum absolute atomic E-state index is 0.248. The van der Waals surface area contributed by atoms with Crippen molar-refractivity contribution in [1.82, 2.24) is 0 Å². The van der Waals surface area contributed by atoms with Gasteiger partial charge in [0.2, 0.25) is 0 Å². The molecule has 0 fully saturated rings. The fraction of sp³-hybridized carbons (Fsp3) is 0.188. The van der Waals surface area contributed by atoms with Gasteiger partial charge in [0.05, 0.1) is 11.6 Å². The molecule has 0 aromatic heterocycles. The minimum atomic E-state index is -0.475. The monoisotopic (exact) mass is 255 g/mol. The van der Waals surface area contributed by atoms with Gasteiger partial charge in [0.1, 0.15) is 17.3 Å². The van der Waals surface area contributed by atoms with E-state index in [9.17, 15) is 4.39 Å². The molecule has 0 aliphatic heterocycles. The number of nitrogens with zero attached hydrogens (tertiary/aromatic N) is 1. The highest BCUT2D eigenvalue weighted by Crippen LogP contribution is 2.24. The van der Waals surface area contributed by atoms with Gasteiger partial charge in [0.15, 0.2) is 0 Å². The predicted molar refractivity (Wildman–Crippen MR) is 71.6 cm³/mol. The third-order valence-electron chi connectivity index (χ3n) is 2.70. The Balaban J connectivity index is 2.17. The van der Waals surface area contributed by atoms with Gasteiger partial charge >= 0.3 is 0 Å². The zero-order chi connectivity index (χ0) is 13.7. The fourth-order valence-corrected chi connectivity index (χ4v) is 1.84. The lowest BCUT2D eigenvalue weighted by molar-refractivity contribution is 0.476. The summed E-state index contributed by atoms with van der Waals surface area (Å²) in [6.07, 6.45) is 2.12. The number of benzene rings is 2. The van der Waals surface area contributed by atoms with Crippen molar-refractivity contribution in [3.8, 4) is 17.6 Å². The van der Waals surface area contributed by atoms with Crippen molar-refractivity contribution < 1.29 is 9.13 Å². The smallest absolute Gasteiger partial charge is 0.131 e. The van der Waals surface area contributed by atoms with E-state index in [1.807, 2.05) is 30.3 Å². The van der Waals surface area contributed by atoms with Crippen molar-refractivity contribution in [1.29, 1.82) is 5.26 Å². The lowest BCUT2D eigenvalue weighted by Crippen LogP contribution is -1.88. The summed E-state index contributed by atoms with van der Waals surface area (Å²) in [5, 5.41) is 8.78. The molecule has 2 aromatic carbocycles. The summed E-state index contributed by atoms with van der Waals surface area (Å²) in [5.41, 5.74) is 1.49. The van der Waals surface area contributed by atoms with E-state index in [0.29, 0.717) is 11.5 Å². The molecule has 2 aromatic rings. The first-order chi connectivity index (χ1) is 9.21. The molecule has 0 heterocycles. The quantitative estimate of drug-likeness (QED) is 0.809. The van der Waals surface area contributed by atoms with Crippen LogP contribution in [0.25, 0.3) is 0 Å². The largest absolute Gasteiger partial charge is 0.457 e. The average Bonchev–Trinajstić information content (AvgIpc) is 2.40. The van der Waals surface area contributed by atoms with Gasteiger partial charge < -0.3 is 4.74 Å². The van der Waals surface area contributed by atoms with Crippen molar-refractivity contribution in [2.24, 2.45) is 0 Å². The Kier molecular flexibility index (Phi) is 4.15. The Morgan fingerprint density at radius 3 is 2.47 bits per heavy atom. The maximum atomic E-state index is 13.3. The van der Waals surface area contributed by atoms with Crippen molar-refractivity contribution in [2.45, 2.75) is 19.8 Å². The minimum Gasteiger partial charge on any atom is -0.457 e. The van der Waals surface area contributed by atoms with E-state index in [1.54, 1.807) is 0 Å². The zero-order valence-corrected chi connectivity index (χ0v) is 10.7. The highest BCUT2D eigenvalue weighted by Gasteiger charge is 2.03. The van der Waals surface area contributed by atoms with Gasteiger partial charge in [-0.3, -0.25) is 0 Å². The molecule has 0 radical (unpaired) electrons. The molecule has 0 spiro atoms. The Bertz CT molecular complexity index is 599. The predicted octanol–water partition coefficient (Wildman–Crippen LogP) is 4.44. The SMILES string of the molecule is CCCc1ccc(Oc2cc(F)cc(C#N)c2)cc1. The molecule has 19 heavy (non-hydrogen) atoms. The fourth-order valence-electron chi connectivity index (χ4n) is 1.84. The van der Waals surface area contributed by atoms with Crippen LogP contribution in [0.1, 0.15) is 24.5 Å². The van der Waals surface area contributed by atoms with E-state index in [4.69, 9.17) is 10.00 Å². The third-order valence-corrected chi connectivity index (χ3v) is 2.70. The van der Waals surface area contributed by atoms with Gasteiger partial charge in [-0.15, -0.1) is 0 Å². The molecule has 0 bridgehead atoms. The lowest BCUT2D eigenvalue weighted by atomic mass is 10.1. The van der Waals surface area contributed by atoms with Gasteiger partial charge in [-0.1, -0.05) is 25.5 Å². The summed E-state index contributed by atoms with van der Waals surface area (Å²) in [5.74, 6) is 0.491. The summed E-state index contributed by atoms with van der Waals surface area (Å²) in [4.78, 5) is 0. The molecule has 0 atom stereocenters. The first-order valence-electron chi connectivity index (χ1n) is 6.18. The molecule has 0 unspecified atom stereocenters. The Morgan fingerprint density at radius 2 is 1.84 bits per heavy atom. The van der Waals surface area contributed by atoms with Gasteiger partial charge in [0, 0.05) is 6.07 Å². The Morgan fingerprint density at radius 1 is 1.11 bits per heavy atom. The molecule has 0 aliphatic carbocycles. The van der Waals surface area contributed by atoms with Crippen molar-refractivity contribution in [3.63, 3.8) is 0 Å². The van der Waals surface area contributed by atoms with Crippen LogP contribution >= 0.6 is 0 Å². The summed E-state index contributed by atoms with van der Waals surface area (Å²) in [6, 6.07) is 13.5. The average molecular weight is 255 g/mol. The maximum absolute atomic E-state index is 13.3. The Labute approximate surface area is 112 Å². The van der Waals surface area contributed by atoms with E-state index in [1.165, 1.54) is 23.8 Å². The van der Waals surface area contributed by atoms with E-state index in [0.717, 1.165) is 12.8 Å². The van der Waals surface area contributed by atoms with Crippen molar-refractivity contribution >= 4 is 0 Å². The first kappa shape index (κ1) is 13.1. The summed E-state index contributed by atoms with van der Waals surface area (Å²) in [6.45, 7) is 2.13. The van der Waals surface area contributed by atoms with Crippen LogP contribution in [0.3, 0.4) is 0 Å². The standard InChI is InChI=1S/C16H14FNO/c1-2-3-12-4-6-15(7-5-12)19-16-9-13(11-18)8-14(17)10-16/h4-10H,2-3H2,1H3. The van der Waals surface area contributed by atoms with Crippen molar-refractivity contribution in [3.05, 3.63) is 59.4 Å². The second-order valence-electron chi connectivity index (χ2n) is 4.28. The van der Waals surface area contributed by atoms with Crippen molar-refractivity contribution in [2.75, 3.05) is 0 Å². The number of hydrogen-bond donors (Lipinski definition) is 0. The highest BCUT2D eigenvalue weighted by atomic mass is 19.1. The van der Waals surface area contributed by atoms with Crippen LogP contribution < -0.4 is 4.74 Å². The summed E-state index contributed by atoms with van der Waals surface area (Å²) in [7, 11) is 0. The number of aryl methyl sites for hydroxylation is 1. The number of rotatable bonds is 4. The zero-order valence-electron chi connectivity index (χ0n) is 10.7. The van der Waals surface area contributed by atoms with E-state index in [-0.39, 0.29) is 5.56 Å². The molecule has 0 amide bonds. The lowest BCUT2D eigenvalue weighted by Gasteiger charge is -2.07. The maximum Gasteiger partial charge on any atom is 0.131 e. The first-order valence-corrected chi connectivity index (χ1v) is 6.18. The number of nitriles is 1. The molecule has 2 nitrogen and oxygen atoms in total. The van der Waals surface area contributed by atoms with Crippen LogP contribution in [0.2, 0.25) is 0 Å². The van der Waals surface area contributed by atoms with Crippen LogP contribution in [-0.2, 0) is 6.42 Å². The van der Waals surface area contributed by atoms with Crippen LogP contribution in [0.5, 0.6) is 11.5 Å². The van der Waals surface area contributed by atoms with Gasteiger partial charge in [-0.2, -0.15) is 5.26 Å². The molecular weight excluding hydrogens is 241 g/mol. The topological polar surface area (TPSA) is 33.0 Å². The molecule has 0 aliphatic rings.